The van der Waals surface area contributed by atoms with Crippen LogP contribution in [0, 0.1) is 0 Å². The first-order valence-corrected chi connectivity index (χ1v) is 8.70. The molecule has 1 N–H and O–H groups in total. The third-order valence-electron chi connectivity index (χ3n) is 3.43. The summed E-state index contributed by atoms with van der Waals surface area (Å²) >= 11 is 0. The van der Waals surface area contributed by atoms with Crippen LogP contribution in [-0.4, -0.2) is 45.8 Å². The second-order valence-corrected chi connectivity index (χ2v) is 7.19. The molecule has 0 radical (unpaired) electrons. The predicted octanol–water partition coefficient (Wildman–Crippen LogP) is 1.21. The summed E-state index contributed by atoms with van der Waals surface area (Å²) in [6, 6.07) is 7.58. The smallest absolute Gasteiger partial charge is 0.209 e. The molecule has 0 atom stereocenters. The van der Waals surface area contributed by atoms with E-state index in [1.807, 2.05) is 24.3 Å². The van der Waals surface area contributed by atoms with Crippen LogP contribution in [-0.2, 0) is 16.6 Å². The summed E-state index contributed by atoms with van der Waals surface area (Å²) in [4.78, 5) is 2.31. The van der Waals surface area contributed by atoms with Crippen molar-refractivity contribution in [3.8, 4) is 5.75 Å². The second-order valence-electron chi connectivity index (χ2n) is 5.36. The predicted molar refractivity (Wildman–Crippen MR) is 79.3 cm³/mol. The second kappa shape index (κ2) is 6.56. The van der Waals surface area contributed by atoms with E-state index >= 15 is 0 Å². The number of piperidine rings is 1. The van der Waals surface area contributed by atoms with Crippen molar-refractivity contribution >= 4 is 10.0 Å². The molecule has 0 unspecified atom stereocenters. The quantitative estimate of drug-likeness (QED) is 0.887. The highest BCUT2D eigenvalue weighted by Gasteiger charge is 2.17. The fourth-order valence-electron chi connectivity index (χ4n) is 2.20. The number of ether oxygens (including phenoxy) is 1. The van der Waals surface area contributed by atoms with E-state index in [1.165, 1.54) is 0 Å². The average molecular weight is 298 g/mol. The topological polar surface area (TPSA) is 58.6 Å². The van der Waals surface area contributed by atoms with Crippen LogP contribution < -0.4 is 9.46 Å². The Hall–Kier alpha value is -1.11. The maximum Gasteiger partial charge on any atom is 0.209 e. The van der Waals surface area contributed by atoms with Crippen LogP contribution in [0.25, 0.3) is 0 Å². The minimum Gasteiger partial charge on any atom is -0.490 e. The lowest BCUT2D eigenvalue weighted by molar-refractivity contribution is 0.114. The fraction of sp³-hybridized carbons (Fsp3) is 0.571. The lowest BCUT2D eigenvalue weighted by Gasteiger charge is -2.29. The third kappa shape index (κ3) is 5.11. The van der Waals surface area contributed by atoms with Gasteiger partial charge in [0, 0.05) is 19.6 Å². The molecule has 0 bridgehead atoms. The Morgan fingerprint density at radius 1 is 1.25 bits per heavy atom. The monoisotopic (exact) mass is 298 g/mol. The molecule has 0 aliphatic carbocycles. The summed E-state index contributed by atoms with van der Waals surface area (Å²) in [5.41, 5.74) is 0.922. The van der Waals surface area contributed by atoms with E-state index in [9.17, 15) is 8.42 Å². The molecular formula is C14H22N2O3S. The van der Waals surface area contributed by atoms with E-state index in [2.05, 4.69) is 16.7 Å². The molecule has 0 spiro atoms. The van der Waals surface area contributed by atoms with Crippen LogP contribution in [0.1, 0.15) is 18.4 Å². The Kier molecular flexibility index (Phi) is 5.01. The van der Waals surface area contributed by atoms with Gasteiger partial charge in [0.2, 0.25) is 10.0 Å². The summed E-state index contributed by atoms with van der Waals surface area (Å²) in [5, 5.41) is 0. The van der Waals surface area contributed by atoms with Gasteiger partial charge in [-0.15, -0.1) is 0 Å². The van der Waals surface area contributed by atoms with Crippen molar-refractivity contribution < 1.29 is 13.2 Å². The Morgan fingerprint density at radius 3 is 2.40 bits per heavy atom. The highest BCUT2D eigenvalue weighted by Crippen LogP contribution is 2.19. The standard InChI is InChI=1S/C14H22N2O3S/c1-16-9-7-14(8-10-16)19-13-5-3-12(4-6-13)11-15-20(2,17)18/h3-6,14-15H,7-11H2,1-2H3. The van der Waals surface area contributed by atoms with Crippen LogP contribution >= 0.6 is 0 Å². The number of sulfonamides is 1. The Balaban J connectivity index is 1.85. The van der Waals surface area contributed by atoms with Crippen LogP contribution in [0.4, 0.5) is 0 Å². The molecule has 1 heterocycles. The van der Waals surface area contributed by atoms with Gasteiger partial charge in [0.15, 0.2) is 0 Å². The summed E-state index contributed by atoms with van der Waals surface area (Å²) in [7, 11) is -1.02. The van der Waals surface area contributed by atoms with Gasteiger partial charge in [0.1, 0.15) is 11.9 Å². The molecule has 1 aliphatic rings. The van der Waals surface area contributed by atoms with Gasteiger partial charge >= 0.3 is 0 Å². The summed E-state index contributed by atoms with van der Waals surface area (Å²) in [5.74, 6) is 0.850. The van der Waals surface area contributed by atoms with Crippen LogP contribution in [0.2, 0.25) is 0 Å². The van der Waals surface area contributed by atoms with Gasteiger partial charge < -0.3 is 9.64 Å². The zero-order valence-electron chi connectivity index (χ0n) is 12.0. The number of hydrogen-bond donors (Lipinski definition) is 1. The van der Waals surface area contributed by atoms with Gasteiger partial charge in [-0.2, -0.15) is 0 Å². The summed E-state index contributed by atoms with van der Waals surface area (Å²) in [6.45, 7) is 2.45. The van der Waals surface area contributed by atoms with Gasteiger partial charge in [0.25, 0.3) is 0 Å². The first-order chi connectivity index (χ1) is 9.42. The van der Waals surface area contributed by atoms with Crippen LogP contribution in [0.5, 0.6) is 5.75 Å². The molecule has 1 saturated heterocycles. The van der Waals surface area contributed by atoms with Crippen molar-refractivity contribution in [2.24, 2.45) is 0 Å². The molecule has 1 fully saturated rings. The molecule has 6 heteroatoms. The van der Waals surface area contributed by atoms with Gasteiger partial charge in [-0.25, -0.2) is 13.1 Å². The molecule has 0 aromatic heterocycles. The zero-order valence-corrected chi connectivity index (χ0v) is 12.8. The van der Waals surface area contributed by atoms with Gasteiger partial charge in [0.05, 0.1) is 6.26 Å². The van der Waals surface area contributed by atoms with E-state index in [0.29, 0.717) is 6.54 Å². The molecule has 1 aromatic carbocycles. The first-order valence-electron chi connectivity index (χ1n) is 6.81. The number of benzene rings is 1. The number of likely N-dealkylation sites (tertiary alicyclic amines) is 1. The van der Waals surface area contributed by atoms with Crippen molar-refractivity contribution in [1.29, 1.82) is 0 Å². The molecule has 5 nitrogen and oxygen atoms in total. The van der Waals surface area contributed by atoms with Crippen molar-refractivity contribution in [2.45, 2.75) is 25.5 Å². The minimum atomic E-state index is -3.15. The van der Waals surface area contributed by atoms with Gasteiger partial charge in [-0.3, -0.25) is 0 Å². The summed E-state index contributed by atoms with van der Waals surface area (Å²) < 4.78 is 30.5. The lowest BCUT2D eigenvalue weighted by atomic mass is 10.1. The maximum absolute atomic E-state index is 11.0. The highest BCUT2D eigenvalue weighted by atomic mass is 32.2. The minimum absolute atomic E-state index is 0.284. The first kappa shape index (κ1) is 15.3. The van der Waals surface area contributed by atoms with E-state index in [1.54, 1.807) is 0 Å². The van der Waals surface area contributed by atoms with Crippen molar-refractivity contribution in [2.75, 3.05) is 26.4 Å². The number of nitrogens with one attached hydrogen (secondary N) is 1. The van der Waals surface area contributed by atoms with Crippen molar-refractivity contribution in [1.82, 2.24) is 9.62 Å². The Bertz CT molecular complexity index is 520. The normalized spacial score (nSPS) is 18.1. The number of hydrogen-bond acceptors (Lipinski definition) is 4. The Labute approximate surface area is 121 Å². The Morgan fingerprint density at radius 2 is 1.85 bits per heavy atom. The molecule has 0 saturated carbocycles. The molecule has 112 valence electrons. The maximum atomic E-state index is 11.0. The van der Waals surface area contributed by atoms with Gasteiger partial charge in [-0.05, 0) is 37.6 Å². The largest absolute Gasteiger partial charge is 0.490 e. The number of rotatable bonds is 5. The van der Waals surface area contributed by atoms with Gasteiger partial charge in [-0.1, -0.05) is 12.1 Å². The van der Waals surface area contributed by atoms with Crippen LogP contribution in [0.15, 0.2) is 24.3 Å². The van der Waals surface area contributed by atoms with E-state index in [4.69, 9.17) is 4.74 Å². The molecule has 0 amide bonds. The molecule has 2 rings (SSSR count). The number of nitrogens with zero attached hydrogens (tertiary/aromatic N) is 1. The van der Waals surface area contributed by atoms with E-state index in [0.717, 1.165) is 43.5 Å². The molecule has 20 heavy (non-hydrogen) atoms. The lowest BCUT2D eigenvalue weighted by Crippen LogP contribution is -2.35. The van der Waals surface area contributed by atoms with Crippen LogP contribution in [0.3, 0.4) is 0 Å². The molecule has 1 aromatic rings. The SMILES string of the molecule is CN1CCC(Oc2ccc(CNS(C)(=O)=O)cc2)CC1. The highest BCUT2D eigenvalue weighted by molar-refractivity contribution is 7.88. The van der Waals surface area contributed by atoms with Crippen molar-refractivity contribution in [3.05, 3.63) is 29.8 Å². The van der Waals surface area contributed by atoms with Crippen molar-refractivity contribution in [3.63, 3.8) is 0 Å². The average Bonchev–Trinajstić information content (AvgIpc) is 2.40. The van der Waals surface area contributed by atoms with E-state index < -0.39 is 10.0 Å². The fourth-order valence-corrected chi connectivity index (χ4v) is 2.62. The van der Waals surface area contributed by atoms with E-state index in [-0.39, 0.29) is 6.10 Å². The molecular weight excluding hydrogens is 276 g/mol. The summed E-state index contributed by atoms with van der Waals surface area (Å²) in [6.07, 6.45) is 3.54. The molecule has 1 aliphatic heterocycles. The zero-order chi connectivity index (χ0) is 14.6. The third-order valence-corrected chi connectivity index (χ3v) is 4.10.